The summed E-state index contributed by atoms with van der Waals surface area (Å²) in [7, 11) is 1.08. The number of halogens is 2. The van der Waals surface area contributed by atoms with E-state index in [4.69, 9.17) is 15.9 Å². The molecule has 1 aromatic carbocycles. The molecule has 0 aliphatic carbocycles. The Morgan fingerprint density at radius 1 is 1.35 bits per heavy atom. The van der Waals surface area contributed by atoms with Gasteiger partial charge in [-0.3, -0.25) is 0 Å². The third kappa shape index (κ3) is 3.04. The Labute approximate surface area is 127 Å². The monoisotopic (exact) mass is 484 g/mol. The fourth-order valence-electron chi connectivity index (χ4n) is 1.59. The van der Waals surface area contributed by atoms with Crippen LogP contribution < -0.4 is 13.7 Å². The summed E-state index contributed by atoms with van der Waals surface area (Å²) in [5.41, 5.74) is 4.15. The van der Waals surface area contributed by atoms with Gasteiger partial charge in [-0.2, -0.15) is 0 Å². The molecule has 9 heteroatoms. The molecule has 20 heavy (non-hydrogen) atoms. The summed E-state index contributed by atoms with van der Waals surface area (Å²) in [6.07, 6.45) is -0.639. The summed E-state index contributed by atoms with van der Waals surface area (Å²) in [5.74, 6) is -6.28. The van der Waals surface area contributed by atoms with E-state index in [9.17, 15) is 18.4 Å². The van der Waals surface area contributed by atoms with Crippen molar-refractivity contribution in [3.63, 3.8) is 0 Å². The summed E-state index contributed by atoms with van der Waals surface area (Å²) >= 11 is 0.772. The van der Waals surface area contributed by atoms with Crippen molar-refractivity contribution >= 4 is 15.2 Å². The molecule has 0 saturated heterocycles. The number of aliphatic carboxylic acids is 1. The van der Waals surface area contributed by atoms with E-state index < -0.39 is 52.9 Å². The summed E-state index contributed by atoms with van der Waals surface area (Å²) in [4.78, 5) is 21.9. The van der Waals surface area contributed by atoms with Gasteiger partial charge in [0.05, 0.1) is 0 Å². The fourth-order valence-corrected chi connectivity index (χ4v) is 2.97. The Morgan fingerprint density at radius 3 is 2.30 bits per heavy atom. The van der Waals surface area contributed by atoms with E-state index in [0.29, 0.717) is 0 Å². The second-order valence-corrected chi connectivity index (χ2v) is 5.25. The van der Waals surface area contributed by atoms with E-state index in [-0.39, 0.29) is 3.27 Å². The number of methoxy groups -OCH3 is 1. The molecule has 6 nitrogen and oxygen atoms in total. The number of benzene rings is 1. The van der Waals surface area contributed by atoms with Gasteiger partial charge in [-0.1, -0.05) is 0 Å². The third-order valence-corrected chi connectivity index (χ3v) is 3.94. The summed E-state index contributed by atoms with van der Waals surface area (Å²) < 4.78 is 32.2. The first-order valence-corrected chi connectivity index (χ1v) is 6.64. The van der Waals surface area contributed by atoms with Crippen LogP contribution in [-0.4, -0.2) is 35.3 Å². The zero-order chi connectivity index (χ0) is 15.6. The van der Waals surface area contributed by atoms with Crippen LogP contribution in [0.15, 0.2) is 0 Å². The van der Waals surface area contributed by atoms with Crippen LogP contribution in [0.2, 0.25) is 0 Å². The number of nitrogens with two attached hydrogens (primary N) is 1. The van der Waals surface area contributed by atoms with Gasteiger partial charge in [-0.15, -0.1) is 0 Å². The van der Waals surface area contributed by atoms with Crippen LogP contribution in [0.3, 0.4) is 0 Å². The average Bonchev–Trinajstić information content (AvgIpc) is 2.35. The van der Waals surface area contributed by atoms with E-state index >= 15 is 0 Å². The molecule has 4 N–H and O–H groups in total. The predicted octanol–water partition coefficient (Wildman–Crippen LogP) is -0.199. The average molecular weight is 484 g/mol. The van der Waals surface area contributed by atoms with Crippen molar-refractivity contribution in [3.05, 3.63) is 22.8 Å². The third-order valence-electron chi connectivity index (χ3n) is 2.54. The molecule has 1 atom stereocenters. The van der Waals surface area contributed by atoms with E-state index in [1.807, 2.05) is 0 Å². The number of hydrogen-bond donors (Lipinski definition) is 3. The topological polar surface area (TPSA) is 110 Å². The van der Waals surface area contributed by atoms with Gasteiger partial charge in [0.15, 0.2) is 0 Å². The predicted molar refractivity (Wildman–Crippen MR) is 58.8 cm³/mol. The first kappa shape index (κ1) is 16.7. The van der Waals surface area contributed by atoms with Crippen LogP contribution >= 0.6 is 0 Å². The Bertz CT molecular complexity index is 579. The van der Waals surface area contributed by atoms with Gasteiger partial charge in [-0.25, -0.2) is 0 Å². The van der Waals surface area contributed by atoms with Crippen LogP contribution in [-0.2, 0) is 11.2 Å². The molecule has 0 spiro atoms. The fraction of sp³-hybridized carbons (Fsp3) is 0.273. The number of carboxylic acids is 2. The molecule has 0 heterocycles. The quantitative estimate of drug-likeness (QED) is 0.535. The Morgan fingerprint density at radius 2 is 1.90 bits per heavy atom. The van der Waals surface area contributed by atoms with Gasteiger partial charge in [0.2, 0.25) is 0 Å². The number of carbonyl (C=O) groups is 2. The maximum atomic E-state index is 13.9. The molecule has 110 valence electrons. The van der Waals surface area contributed by atoms with Crippen molar-refractivity contribution in [2.45, 2.75) is 12.5 Å². The van der Waals surface area contributed by atoms with Crippen LogP contribution in [0, 0.1) is 36.4 Å². The summed E-state index contributed by atoms with van der Waals surface area (Å²) in [6.45, 7) is 0. The van der Waals surface area contributed by atoms with Crippen molar-refractivity contribution in [1.29, 1.82) is 0 Å². The molecule has 1 rings (SSSR count). The molecule has 0 aliphatic heterocycles. The van der Waals surface area contributed by atoms with Crippen LogP contribution in [0.25, 0.3) is 0 Å². The second kappa shape index (κ2) is 6.41. The van der Waals surface area contributed by atoms with E-state index in [1.54, 1.807) is 0 Å². The zero-order valence-electron chi connectivity index (χ0n) is 10.1. The first-order chi connectivity index (χ1) is 9.22. The minimum atomic E-state index is -1.54. The molecule has 0 saturated carbocycles. The molecule has 1 unspecified atom stereocenters. The van der Waals surface area contributed by atoms with E-state index in [0.717, 1.165) is 31.8 Å². The first-order valence-electron chi connectivity index (χ1n) is 5.17. The Hall–Kier alpha value is -1.34. The molecule has 0 amide bonds. The SMILES string of the molecule is COc1c(F)c(F)c(CC(N)C(=O)O)c(C(=O)O)c1[At]. The summed E-state index contributed by atoms with van der Waals surface area (Å²) in [6, 6.07) is -1.54. The van der Waals surface area contributed by atoms with Crippen LogP contribution in [0.5, 0.6) is 5.75 Å². The van der Waals surface area contributed by atoms with Crippen LogP contribution in [0.4, 0.5) is 8.78 Å². The molecular formula is C11H10AtF2NO5. The molecule has 1 aromatic rings. The van der Waals surface area contributed by atoms with Gasteiger partial charge >= 0.3 is 127 Å². The Kier molecular flexibility index (Phi) is 5.36. The second-order valence-electron chi connectivity index (χ2n) is 3.78. The minimum absolute atomic E-state index is 0.0773. The van der Waals surface area contributed by atoms with E-state index in [1.165, 1.54) is 0 Å². The van der Waals surface area contributed by atoms with Gasteiger partial charge in [0.25, 0.3) is 0 Å². The number of carboxylic acid groups (broad SMARTS) is 2. The number of ether oxygens (including phenoxy) is 1. The number of hydrogen-bond acceptors (Lipinski definition) is 4. The van der Waals surface area contributed by atoms with Gasteiger partial charge < -0.3 is 0 Å². The van der Waals surface area contributed by atoms with Crippen molar-refractivity contribution in [1.82, 2.24) is 0 Å². The van der Waals surface area contributed by atoms with Crippen molar-refractivity contribution in [2.24, 2.45) is 5.73 Å². The van der Waals surface area contributed by atoms with E-state index in [2.05, 4.69) is 4.74 Å². The van der Waals surface area contributed by atoms with Crippen molar-refractivity contribution < 1.29 is 58.0 Å². The van der Waals surface area contributed by atoms with Gasteiger partial charge in [0, 0.05) is 0 Å². The molecular weight excluding hydrogens is 474 g/mol. The molecule has 0 bridgehead atoms. The van der Waals surface area contributed by atoms with Gasteiger partial charge in [-0.05, 0) is 0 Å². The van der Waals surface area contributed by atoms with Crippen molar-refractivity contribution in [3.8, 4) is 5.75 Å². The number of aromatic carboxylic acids is 1. The molecule has 0 aromatic heterocycles. The summed E-state index contributed by atoms with van der Waals surface area (Å²) in [5, 5.41) is 17.8. The Balaban J connectivity index is 3.57. The maximum absolute atomic E-state index is 13.9. The zero-order valence-corrected chi connectivity index (χ0v) is 13.1. The van der Waals surface area contributed by atoms with Crippen LogP contribution in [0.1, 0.15) is 15.9 Å². The molecule has 0 radical (unpaired) electrons. The van der Waals surface area contributed by atoms with Crippen molar-refractivity contribution in [2.75, 3.05) is 7.11 Å². The van der Waals surface area contributed by atoms with Gasteiger partial charge in [0.1, 0.15) is 0 Å². The molecule has 0 aliphatic rings. The standard InChI is InChI=1S/C11H10AtF2NO5/c1-20-9-6(12)5(11(18)19)3(7(13)8(9)14)2-4(15)10(16)17/h4H,2,15H2,1H3,(H,16,17)(H,18,19). The number of rotatable bonds is 5. The molecule has 0 fully saturated rings. The normalized spacial score (nSPS) is 12.1.